The van der Waals surface area contributed by atoms with Crippen molar-refractivity contribution in [2.24, 2.45) is 0 Å². The summed E-state index contributed by atoms with van der Waals surface area (Å²) in [5.74, 6) is -2.10. The lowest BCUT2D eigenvalue weighted by molar-refractivity contribution is -0.119. The van der Waals surface area contributed by atoms with E-state index < -0.39 is 23.8 Å². The first kappa shape index (κ1) is 11.7. The Morgan fingerprint density at radius 2 is 2.29 bits per heavy atom. The summed E-state index contributed by atoms with van der Waals surface area (Å²) in [6, 6.07) is 1.97. The molecule has 1 aromatic carbocycles. The number of nitrogens with one attached hydrogen (secondary N) is 2. The average Bonchev–Trinajstić information content (AvgIpc) is 2.28. The molecule has 1 aromatic rings. The smallest absolute Gasteiger partial charge is 0.263 e. The molecule has 0 aromatic heterocycles. The largest absolute Gasteiger partial charge is 0.354 e. The van der Waals surface area contributed by atoms with E-state index in [1.165, 1.54) is 6.07 Å². The van der Waals surface area contributed by atoms with Crippen molar-refractivity contribution in [3.05, 3.63) is 34.9 Å². The monoisotopic (exact) mass is 240 g/mol. The zero-order valence-electron chi connectivity index (χ0n) is 8.80. The summed E-state index contributed by atoms with van der Waals surface area (Å²) in [7, 11) is 0. The van der Waals surface area contributed by atoms with Gasteiger partial charge >= 0.3 is 0 Å². The summed E-state index contributed by atoms with van der Waals surface area (Å²) in [6.07, 6.45) is -0.00602. The van der Waals surface area contributed by atoms with E-state index in [2.05, 4.69) is 5.32 Å². The lowest BCUT2D eigenvalue weighted by Crippen LogP contribution is -2.35. The minimum atomic E-state index is -0.964. The first-order valence-electron chi connectivity index (χ1n) is 5.02. The maximum absolute atomic E-state index is 13.6. The van der Waals surface area contributed by atoms with Crippen molar-refractivity contribution >= 4 is 12.1 Å². The van der Waals surface area contributed by atoms with Crippen LogP contribution in [0.15, 0.2) is 12.1 Å². The zero-order chi connectivity index (χ0) is 12.4. The van der Waals surface area contributed by atoms with E-state index in [0.29, 0.717) is 18.2 Å². The van der Waals surface area contributed by atoms with E-state index in [9.17, 15) is 13.6 Å². The summed E-state index contributed by atoms with van der Waals surface area (Å²) in [5.41, 5.74) is 0.608. The van der Waals surface area contributed by atoms with Gasteiger partial charge in [-0.05, 0) is 18.1 Å². The average molecular weight is 240 g/mol. The molecule has 2 N–H and O–H groups in total. The molecule has 6 heteroatoms. The van der Waals surface area contributed by atoms with Crippen LogP contribution < -0.4 is 5.32 Å². The molecule has 1 unspecified atom stereocenters. The van der Waals surface area contributed by atoms with Gasteiger partial charge in [0.05, 0.1) is 12.8 Å². The summed E-state index contributed by atoms with van der Waals surface area (Å²) in [5, 5.41) is 9.07. The number of carbonyl (C=O) groups is 1. The molecule has 90 valence electrons. The van der Waals surface area contributed by atoms with Crippen LogP contribution in [0.2, 0.25) is 0 Å². The Balaban J connectivity index is 2.36. The van der Waals surface area contributed by atoms with Crippen LogP contribution in [0.5, 0.6) is 0 Å². The topological polar surface area (TPSA) is 62.2 Å². The lowest BCUT2D eigenvalue weighted by Gasteiger charge is -2.26. The molecule has 1 amide bonds. The number of benzene rings is 1. The SMILES string of the molecule is N=CC(=O)NC1OCCc2cc(F)cc(F)c21. The van der Waals surface area contributed by atoms with Gasteiger partial charge in [0.25, 0.3) is 5.91 Å². The Morgan fingerprint density at radius 3 is 3.00 bits per heavy atom. The number of hydrogen-bond donors (Lipinski definition) is 2. The van der Waals surface area contributed by atoms with Crippen molar-refractivity contribution in [2.75, 3.05) is 6.61 Å². The third-order valence-corrected chi connectivity index (χ3v) is 2.50. The van der Waals surface area contributed by atoms with E-state index in [-0.39, 0.29) is 12.2 Å². The van der Waals surface area contributed by atoms with Gasteiger partial charge < -0.3 is 15.5 Å². The van der Waals surface area contributed by atoms with Crippen LogP contribution in [-0.2, 0) is 16.0 Å². The summed E-state index contributed by atoms with van der Waals surface area (Å²) in [4.78, 5) is 11.0. The molecule has 0 saturated carbocycles. The number of ether oxygens (including phenoxy) is 1. The van der Waals surface area contributed by atoms with Gasteiger partial charge in [0.2, 0.25) is 0 Å². The van der Waals surface area contributed by atoms with Crippen molar-refractivity contribution in [3.8, 4) is 0 Å². The molecule has 17 heavy (non-hydrogen) atoms. The number of halogens is 2. The van der Waals surface area contributed by atoms with Gasteiger partial charge in [0.1, 0.15) is 11.6 Å². The predicted molar refractivity (Wildman–Crippen MR) is 55.7 cm³/mol. The van der Waals surface area contributed by atoms with E-state index >= 15 is 0 Å². The Morgan fingerprint density at radius 1 is 1.53 bits per heavy atom. The fraction of sp³-hybridized carbons (Fsp3) is 0.273. The van der Waals surface area contributed by atoms with Gasteiger partial charge in [-0.25, -0.2) is 8.78 Å². The second kappa shape index (κ2) is 4.58. The predicted octanol–water partition coefficient (Wildman–Crippen LogP) is 1.30. The minimum Gasteiger partial charge on any atom is -0.354 e. The number of hydrogen-bond acceptors (Lipinski definition) is 3. The van der Waals surface area contributed by atoms with Crippen molar-refractivity contribution in [1.29, 1.82) is 5.41 Å². The van der Waals surface area contributed by atoms with Crippen LogP contribution >= 0.6 is 0 Å². The summed E-state index contributed by atoms with van der Waals surface area (Å²) >= 11 is 0. The van der Waals surface area contributed by atoms with Crippen LogP contribution in [0, 0.1) is 17.0 Å². The molecule has 0 saturated heterocycles. The van der Waals surface area contributed by atoms with Gasteiger partial charge in [-0.1, -0.05) is 0 Å². The Hall–Kier alpha value is -1.82. The van der Waals surface area contributed by atoms with Crippen molar-refractivity contribution in [3.63, 3.8) is 0 Å². The van der Waals surface area contributed by atoms with Gasteiger partial charge in [0, 0.05) is 11.6 Å². The maximum Gasteiger partial charge on any atom is 0.263 e. The summed E-state index contributed by atoms with van der Waals surface area (Å²) < 4.78 is 31.8. The molecule has 1 heterocycles. The summed E-state index contributed by atoms with van der Waals surface area (Å²) in [6.45, 7) is 0.263. The van der Waals surface area contributed by atoms with Gasteiger partial charge in [0.15, 0.2) is 6.23 Å². The van der Waals surface area contributed by atoms with Crippen LogP contribution in [0.25, 0.3) is 0 Å². The van der Waals surface area contributed by atoms with E-state index in [1.54, 1.807) is 0 Å². The van der Waals surface area contributed by atoms with Crippen LogP contribution in [0.3, 0.4) is 0 Å². The highest BCUT2D eigenvalue weighted by molar-refractivity contribution is 6.24. The van der Waals surface area contributed by atoms with Gasteiger partial charge in [-0.2, -0.15) is 0 Å². The molecule has 1 aliphatic heterocycles. The van der Waals surface area contributed by atoms with Crippen molar-refractivity contribution in [2.45, 2.75) is 12.6 Å². The van der Waals surface area contributed by atoms with Crippen molar-refractivity contribution < 1.29 is 18.3 Å². The number of amides is 1. The number of carbonyl (C=O) groups excluding carboxylic acids is 1. The Bertz CT molecular complexity index is 477. The molecule has 2 rings (SSSR count). The first-order valence-corrected chi connectivity index (χ1v) is 5.02. The fourth-order valence-electron chi connectivity index (χ4n) is 1.79. The second-order valence-corrected chi connectivity index (χ2v) is 3.61. The molecule has 0 fully saturated rings. The second-order valence-electron chi connectivity index (χ2n) is 3.61. The third kappa shape index (κ3) is 2.31. The highest BCUT2D eigenvalue weighted by Crippen LogP contribution is 2.28. The van der Waals surface area contributed by atoms with Crippen LogP contribution in [-0.4, -0.2) is 18.7 Å². The number of fused-ring (bicyclic) bond motifs is 1. The minimum absolute atomic E-state index is 0.132. The third-order valence-electron chi connectivity index (χ3n) is 2.50. The Kier molecular flexibility index (Phi) is 3.14. The molecule has 0 radical (unpaired) electrons. The molecule has 0 bridgehead atoms. The zero-order valence-corrected chi connectivity index (χ0v) is 8.80. The highest BCUT2D eigenvalue weighted by Gasteiger charge is 2.26. The van der Waals surface area contributed by atoms with Crippen LogP contribution in [0.1, 0.15) is 17.4 Å². The molecular formula is C11H10F2N2O2. The van der Waals surface area contributed by atoms with Crippen LogP contribution in [0.4, 0.5) is 8.78 Å². The first-order chi connectivity index (χ1) is 8.11. The molecule has 1 atom stereocenters. The van der Waals surface area contributed by atoms with Gasteiger partial charge in [-0.3, -0.25) is 4.79 Å². The molecule has 1 aliphatic rings. The quantitative estimate of drug-likeness (QED) is 0.765. The molecule has 4 nitrogen and oxygen atoms in total. The van der Waals surface area contributed by atoms with Gasteiger partial charge in [-0.15, -0.1) is 0 Å². The molecule has 0 spiro atoms. The fourth-order valence-corrected chi connectivity index (χ4v) is 1.79. The maximum atomic E-state index is 13.6. The normalized spacial score (nSPS) is 18.4. The molecular weight excluding hydrogens is 230 g/mol. The van der Waals surface area contributed by atoms with Crippen molar-refractivity contribution in [1.82, 2.24) is 5.32 Å². The van der Waals surface area contributed by atoms with E-state index in [4.69, 9.17) is 10.1 Å². The lowest BCUT2D eigenvalue weighted by atomic mass is 10.00. The Labute approximate surface area is 96.1 Å². The van der Waals surface area contributed by atoms with E-state index in [1.807, 2.05) is 0 Å². The molecule has 0 aliphatic carbocycles. The highest BCUT2D eigenvalue weighted by atomic mass is 19.1. The van der Waals surface area contributed by atoms with E-state index in [0.717, 1.165) is 6.07 Å². The number of rotatable bonds is 2. The standard InChI is InChI=1S/C11H10F2N2O2/c12-7-3-6-1-2-17-11(15-9(16)5-14)10(6)8(13)4-7/h3-5,11,14H,1-2H2,(H,15,16).